The van der Waals surface area contributed by atoms with Crippen LogP contribution in [-0.2, 0) is 11.3 Å². The third kappa shape index (κ3) is 3.51. The molecule has 100 valence electrons. The van der Waals surface area contributed by atoms with Gasteiger partial charge in [0.05, 0.1) is 0 Å². The van der Waals surface area contributed by atoms with Crippen molar-refractivity contribution in [3.63, 3.8) is 0 Å². The van der Waals surface area contributed by atoms with Gasteiger partial charge in [-0.15, -0.1) is 0 Å². The van der Waals surface area contributed by atoms with E-state index < -0.39 is 0 Å². The number of unbranched alkanes of at least 4 members (excludes halogenated alkanes) is 1. The normalized spacial score (nSPS) is 10.5. The predicted octanol–water partition coefficient (Wildman–Crippen LogP) is 2.26. The van der Waals surface area contributed by atoms with Gasteiger partial charge in [-0.1, -0.05) is 30.3 Å². The number of nitrogens with one attached hydrogen (secondary N) is 1. The van der Waals surface area contributed by atoms with Crippen LogP contribution >= 0.6 is 12.2 Å². The van der Waals surface area contributed by atoms with Gasteiger partial charge < -0.3 is 10.3 Å². The highest BCUT2D eigenvalue weighted by atomic mass is 32.1. The standard InChI is InChI=1S/C13H16N4OS/c14-11(18)8-4-5-9-17-12(15-16-13(17)19)10-6-2-1-3-7-10/h1-3,6-7H,4-5,8-9H2,(H2,14,18)(H,16,19). The fourth-order valence-electron chi connectivity index (χ4n) is 1.90. The number of nitrogens with two attached hydrogens (primary N) is 1. The van der Waals surface area contributed by atoms with Crippen LogP contribution in [0.2, 0.25) is 0 Å². The Kier molecular flexibility index (Phi) is 4.46. The van der Waals surface area contributed by atoms with E-state index >= 15 is 0 Å². The van der Waals surface area contributed by atoms with E-state index in [0.29, 0.717) is 11.2 Å². The number of carbonyl (C=O) groups is 1. The number of hydrogen-bond acceptors (Lipinski definition) is 3. The van der Waals surface area contributed by atoms with Crippen LogP contribution in [0.4, 0.5) is 0 Å². The zero-order chi connectivity index (χ0) is 13.7. The quantitative estimate of drug-likeness (QED) is 0.627. The van der Waals surface area contributed by atoms with Crippen LogP contribution in [0.3, 0.4) is 0 Å². The molecule has 2 aromatic rings. The molecule has 0 saturated heterocycles. The fraction of sp³-hybridized carbons (Fsp3) is 0.308. The largest absolute Gasteiger partial charge is 0.370 e. The number of hydrogen-bond donors (Lipinski definition) is 2. The van der Waals surface area contributed by atoms with Crippen molar-refractivity contribution in [3.8, 4) is 11.4 Å². The molecule has 0 atom stereocenters. The van der Waals surface area contributed by atoms with Crippen molar-refractivity contribution in [2.75, 3.05) is 0 Å². The number of aromatic nitrogens is 3. The minimum Gasteiger partial charge on any atom is -0.370 e. The van der Waals surface area contributed by atoms with Gasteiger partial charge in [0.15, 0.2) is 10.6 Å². The molecule has 19 heavy (non-hydrogen) atoms. The Hall–Kier alpha value is -1.95. The number of rotatable bonds is 6. The van der Waals surface area contributed by atoms with Crippen LogP contribution in [0.5, 0.6) is 0 Å². The van der Waals surface area contributed by atoms with Gasteiger partial charge in [0.1, 0.15) is 0 Å². The molecule has 0 spiro atoms. The molecule has 0 fully saturated rings. The second-order valence-corrected chi connectivity index (χ2v) is 4.68. The molecule has 0 unspecified atom stereocenters. The van der Waals surface area contributed by atoms with Crippen molar-refractivity contribution in [1.29, 1.82) is 0 Å². The van der Waals surface area contributed by atoms with E-state index in [0.717, 1.165) is 30.8 Å². The summed E-state index contributed by atoms with van der Waals surface area (Å²) in [7, 11) is 0. The van der Waals surface area contributed by atoms with Crippen LogP contribution < -0.4 is 5.73 Å². The lowest BCUT2D eigenvalue weighted by molar-refractivity contribution is -0.118. The Bertz CT molecular complexity index is 603. The minimum atomic E-state index is -0.265. The van der Waals surface area contributed by atoms with E-state index in [9.17, 15) is 4.79 Å². The first kappa shape index (κ1) is 13.5. The Balaban J connectivity index is 2.10. The van der Waals surface area contributed by atoms with E-state index in [-0.39, 0.29) is 5.91 Å². The number of aromatic amines is 1. The van der Waals surface area contributed by atoms with Crippen molar-refractivity contribution in [3.05, 3.63) is 35.1 Å². The third-order valence-corrected chi connectivity index (χ3v) is 3.16. The molecule has 1 amide bonds. The summed E-state index contributed by atoms with van der Waals surface area (Å²) in [5.74, 6) is 0.559. The fourth-order valence-corrected chi connectivity index (χ4v) is 2.13. The monoisotopic (exact) mass is 276 g/mol. The maximum Gasteiger partial charge on any atom is 0.217 e. The van der Waals surface area contributed by atoms with Crippen molar-refractivity contribution in [2.45, 2.75) is 25.8 Å². The second kappa shape index (κ2) is 6.29. The van der Waals surface area contributed by atoms with Gasteiger partial charge in [0.2, 0.25) is 5.91 Å². The number of nitrogens with zero attached hydrogens (tertiary/aromatic N) is 2. The Morgan fingerprint density at radius 2 is 2.05 bits per heavy atom. The van der Waals surface area contributed by atoms with E-state index in [4.69, 9.17) is 18.0 Å². The zero-order valence-corrected chi connectivity index (χ0v) is 11.3. The average Bonchev–Trinajstić information content (AvgIpc) is 2.77. The van der Waals surface area contributed by atoms with Gasteiger partial charge in [0, 0.05) is 18.5 Å². The molecule has 1 aromatic carbocycles. The van der Waals surface area contributed by atoms with Gasteiger partial charge in [0.25, 0.3) is 0 Å². The molecule has 1 heterocycles. The topological polar surface area (TPSA) is 76.7 Å². The molecule has 1 aromatic heterocycles. The Morgan fingerprint density at radius 3 is 2.74 bits per heavy atom. The summed E-state index contributed by atoms with van der Waals surface area (Å²) in [5, 5.41) is 7.06. The number of primary amides is 1. The first-order valence-electron chi connectivity index (χ1n) is 6.17. The number of amides is 1. The van der Waals surface area contributed by atoms with Gasteiger partial charge in [-0.2, -0.15) is 5.10 Å². The molecule has 0 aliphatic rings. The van der Waals surface area contributed by atoms with Gasteiger partial charge in [-0.05, 0) is 25.1 Å². The second-order valence-electron chi connectivity index (χ2n) is 4.29. The summed E-state index contributed by atoms with van der Waals surface area (Å²) < 4.78 is 2.55. The van der Waals surface area contributed by atoms with Crippen LogP contribution in [0.1, 0.15) is 19.3 Å². The van der Waals surface area contributed by atoms with Gasteiger partial charge in [-0.25, -0.2) is 0 Å². The molecule has 0 aliphatic heterocycles. The Morgan fingerprint density at radius 1 is 1.32 bits per heavy atom. The van der Waals surface area contributed by atoms with Crippen LogP contribution in [-0.4, -0.2) is 20.7 Å². The van der Waals surface area contributed by atoms with Crippen molar-refractivity contribution in [1.82, 2.24) is 14.8 Å². The maximum atomic E-state index is 10.7. The number of H-pyrrole nitrogens is 1. The van der Waals surface area contributed by atoms with Crippen molar-refractivity contribution >= 4 is 18.1 Å². The van der Waals surface area contributed by atoms with Crippen LogP contribution in [0.15, 0.2) is 30.3 Å². The first-order chi connectivity index (χ1) is 9.18. The van der Waals surface area contributed by atoms with Crippen molar-refractivity contribution in [2.24, 2.45) is 5.73 Å². The first-order valence-corrected chi connectivity index (χ1v) is 6.58. The highest BCUT2D eigenvalue weighted by Gasteiger charge is 2.08. The van der Waals surface area contributed by atoms with E-state index in [1.54, 1.807) is 0 Å². The highest BCUT2D eigenvalue weighted by molar-refractivity contribution is 7.71. The third-order valence-electron chi connectivity index (χ3n) is 2.85. The molecule has 0 radical (unpaired) electrons. The van der Waals surface area contributed by atoms with Gasteiger partial charge in [-0.3, -0.25) is 9.89 Å². The molecule has 0 aliphatic carbocycles. The highest BCUT2D eigenvalue weighted by Crippen LogP contribution is 2.17. The van der Waals surface area contributed by atoms with Crippen LogP contribution in [0.25, 0.3) is 11.4 Å². The van der Waals surface area contributed by atoms with Gasteiger partial charge >= 0.3 is 0 Å². The summed E-state index contributed by atoms with van der Waals surface area (Å²) in [6, 6.07) is 9.87. The lowest BCUT2D eigenvalue weighted by Gasteiger charge is -2.06. The summed E-state index contributed by atoms with van der Waals surface area (Å²) in [4.78, 5) is 10.7. The maximum absolute atomic E-state index is 10.7. The van der Waals surface area contributed by atoms with E-state index in [1.165, 1.54) is 0 Å². The summed E-state index contributed by atoms with van der Waals surface area (Å²) >= 11 is 5.23. The SMILES string of the molecule is NC(=O)CCCCn1c(-c2ccccc2)n[nH]c1=S. The molecule has 6 heteroatoms. The summed E-state index contributed by atoms with van der Waals surface area (Å²) in [6.45, 7) is 0.729. The Labute approximate surface area is 116 Å². The lowest BCUT2D eigenvalue weighted by atomic mass is 10.2. The predicted molar refractivity (Wildman–Crippen MR) is 75.9 cm³/mol. The molecule has 3 N–H and O–H groups in total. The van der Waals surface area contributed by atoms with E-state index in [1.807, 2.05) is 34.9 Å². The summed E-state index contributed by atoms with van der Waals surface area (Å²) in [5.41, 5.74) is 6.14. The molecule has 0 saturated carbocycles. The molecule has 0 bridgehead atoms. The smallest absolute Gasteiger partial charge is 0.217 e. The molecular weight excluding hydrogens is 260 g/mol. The van der Waals surface area contributed by atoms with Crippen molar-refractivity contribution < 1.29 is 4.79 Å². The zero-order valence-electron chi connectivity index (χ0n) is 10.5. The molecule has 2 rings (SSSR count). The summed E-state index contributed by atoms with van der Waals surface area (Å²) in [6.07, 6.45) is 2.01. The number of carbonyl (C=O) groups excluding carboxylic acids is 1. The molecule has 5 nitrogen and oxygen atoms in total. The number of benzene rings is 1. The lowest BCUT2D eigenvalue weighted by Crippen LogP contribution is -2.10. The molecular formula is C13H16N4OS. The van der Waals surface area contributed by atoms with Crippen LogP contribution in [0, 0.1) is 4.77 Å². The van der Waals surface area contributed by atoms with E-state index in [2.05, 4.69) is 10.2 Å². The minimum absolute atomic E-state index is 0.265. The average molecular weight is 276 g/mol.